The summed E-state index contributed by atoms with van der Waals surface area (Å²) in [6.07, 6.45) is 2.48. The largest absolute Gasteiger partial charge is 0.493 e. The molecule has 1 fully saturated rings. The molecule has 2 aromatic carbocycles. The van der Waals surface area contributed by atoms with Crippen LogP contribution < -0.4 is 15.8 Å². The van der Waals surface area contributed by atoms with Crippen LogP contribution in [0.5, 0.6) is 5.75 Å². The third kappa shape index (κ3) is 4.27. The van der Waals surface area contributed by atoms with E-state index >= 15 is 0 Å². The number of likely N-dealkylation sites (tertiary alicyclic amines) is 1. The van der Waals surface area contributed by atoms with E-state index < -0.39 is 0 Å². The van der Waals surface area contributed by atoms with Crippen LogP contribution in [0.1, 0.15) is 42.0 Å². The first-order valence-electron chi connectivity index (χ1n) is 9.83. The zero-order chi connectivity index (χ0) is 19.3. The van der Waals surface area contributed by atoms with Crippen LogP contribution in [-0.2, 0) is 17.9 Å². The van der Waals surface area contributed by atoms with Crippen molar-refractivity contribution in [3.05, 3.63) is 65.2 Å². The summed E-state index contributed by atoms with van der Waals surface area (Å²) >= 11 is 0. The predicted octanol–water partition coefficient (Wildman–Crippen LogP) is 2.74. The molecule has 4 rings (SSSR count). The first-order valence-corrected chi connectivity index (χ1v) is 9.83. The molecule has 28 heavy (non-hydrogen) atoms. The fourth-order valence-corrected chi connectivity index (χ4v) is 3.81. The van der Waals surface area contributed by atoms with Crippen LogP contribution in [0.15, 0.2) is 53.5 Å². The number of aliphatic imine (C=N–C) groups is 1. The molecule has 2 heterocycles. The molecule has 0 saturated carbocycles. The molecule has 1 saturated heterocycles. The third-order valence-corrected chi connectivity index (χ3v) is 5.25. The third-order valence-electron chi connectivity index (χ3n) is 5.25. The zero-order valence-corrected chi connectivity index (χ0v) is 15.9. The van der Waals surface area contributed by atoms with Gasteiger partial charge in [0.15, 0.2) is 5.96 Å². The first kappa shape index (κ1) is 18.3. The van der Waals surface area contributed by atoms with Crippen LogP contribution in [0.25, 0.3) is 0 Å². The van der Waals surface area contributed by atoms with Gasteiger partial charge < -0.3 is 20.7 Å². The van der Waals surface area contributed by atoms with E-state index in [1.54, 1.807) is 0 Å². The van der Waals surface area contributed by atoms with E-state index in [1.165, 1.54) is 0 Å². The van der Waals surface area contributed by atoms with Crippen molar-refractivity contribution in [2.75, 3.05) is 13.2 Å². The van der Waals surface area contributed by atoms with Gasteiger partial charge in [-0.2, -0.15) is 0 Å². The van der Waals surface area contributed by atoms with Crippen molar-refractivity contribution in [1.29, 1.82) is 0 Å². The molecule has 6 heteroatoms. The van der Waals surface area contributed by atoms with Gasteiger partial charge >= 0.3 is 0 Å². The van der Waals surface area contributed by atoms with E-state index in [9.17, 15) is 4.79 Å². The lowest BCUT2D eigenvalue weighted by molar-refractivity contribution is -0.128. The van der Waals surface area contributed by atoms with Crippen molar-refractivity contribution in [1.82, 2.24) is 10.2 Å². The maximum atomic E-state index is 11.8. The number of benzene rings is 2. The summed E-state index contributed by atoms with van der Waals surface area (Å²) < 4.78 is 5.69. The smallest absolute Gasteiger partial charge is 0.222 e. The van der Waals surface area contributed by atoms with Crippen LogP contribution in [0.2, 0.25) is 0 Å². The van der Waals surface area contributed by atoms with Crippen molar-refractivity contribution in [3.8, 4) is 5.75 Å². The highest BCUT2D eigenvalue weighted by molar-refractivity contribution is 5.78. The van der Waals surface area contributed by atoms with Gasteiger partial charge in [0, 0.05) is 31.5 Å². The van der Waals surface area contributed by atoms with E-state index in [2.05, 4.69) is 28.5 Å². The second-order valence-electron chi connectivity index (χ2n) is 7.31. The number of nitrogens with one attached hydrogen (secondary N) is 1. The number of nitrogens with two attached hydrogens (primary N) is 1. The lowest BCUT2D eigenvalue weighted by atomic mass is 10.0. The van der Waals surface area contributed by atoms with Gasteiger partial charge in [-0.25, -0.2) is 4.99 Å². The van der Waals surface area contributed by atoms with Crippen molar-refractivity contribution in [2.24, 2.45) is 10.7 Å². The minimum Gasteiger partial charge on any atom is -0.493 e. The molecule has 6 nitrogen and oxygen atoms in total. The summed E-state index contributed by atoms with van der Waals surface area (Å²) in [5, 5.41) is 3.32. The number of guanidine groups is 1. The highest BCUT2D eigenvalue weighted by Crippen LogP contribution is 2.31. The van der Waals surface area contributed by atoms with Gasteiger partial charge in [-0.05, 0) is 23.6 Å². The Balaban J connectivity index is 1.38. The molecule has 1 atom stereocenters. The fraction of sp³-hybridized carbons (Fsp3) is 0.364. The molecule has 2 aromatic rings. The van der Waals surface area contributed by atoms with Crippen LogP contribution in [0, 0.1) is 0 Å². The summed E-state index contributed by atoms with van der Waals surface area (Å²) in [5.74, 6) is 1.58. The van der Waals surface area contributed by atoms with Gasteiger partial charge in [0.2, 0.25) is 5.91 Å². The van der Waals surface area contributed by atoms with Gasteiger partial charge in [-0.3, -0.25) is 4.79 Å². The van der Waals surface area contributed by atoms with Gasteiger partial charge in [0.05, 0.1) is 19.2 Å². The van der Waals surface area contributed by atoms with Crippen molar-refractivity contribution >= 4 is 11.9 Å². The molecule has 0 spiro atoms. The molecule has 0 radical (unpaired) electrons. The molecular weight excluding hydrogens is 352 g/mol. The van der Waals surface area contributed by atoms with Gasteiger partial charge in [0.1, 0.15) is 5.75 Å². The van der Waals surface area contributed by atoms with E-state index in [0.717, 1.165) is 41.8 Å². The van der Waals surface area contributed by atoms with Crippen molar-refractivity contribution in [2.45, 2.75) is 38.4 Å². The SMILES string of the molecule is NC(=NCc1cccc(CN2CCCC2=O)c1)NC1CCOc2ccccc21. The Kier molecular flexibility index (Phi) is 5.46. The summed E-state index contributed by atoms with van der Waals surface area (Å²) in [6.45, 7) is 2.69. The first-order chi connectivity index (χ1) is 13.7. The Morgan fingerprint density at radius 2 is 2.07 bits per heavy atom. The van der Waals surface area contributed by atoms with Gasteiger partial charge in [-0.15, -0.1) is 0 Å². The predicted molar refractivity (Wildman–Crippen MR) is 109 cm³/mol. The highest BCUT2D eigenvalue weighted by atomic mass is 16.5. The summed E-state index contributed by atoms with van der Waals surface area (Å²) in [6, 6.07) is 16.3. The van der Waals surface area contributed by atoms with Gasteiger partial charge in [-0.1, -0.05) is 42.5 Å². The Hall–Kier alpha value is -3.02. The van der Waals surface area contributed by atoms with Crippen LogP contribution in [-0.4, -0.2) is 29.9 Å². The molecule has 0 aromatic heterocycles. The molecule has 1 unspecified atom stereocenters. The van der Waals surface area contributed by atoms with Crippen molar-refractivity contribution < 1.29 is 9.53 Å². The number of nitrogens with zero attached hydrogens (tertiary/aromatic N) is 2. The maximum absolute atomic E-state index is 11.8. The molecule has 1 amide bonds. The number of rotatable bonds is 5. The van der Waals surface area contributed by atoms with Crippen molar-refractivity contribution in [3.63, 3.8) is 0 Å². The number of hydrogen-bond donors (Lipinski definition) is 2. The van der Waals surface area contributed by atoms with E-state index in [1.807, 2.05) is 35.2 Å². The Labute approximate surface area is 165 Å². The summed E-state index contributed by atoms with van der Waals surface area (Å²) in [5.41, 5.74) is 9.47. The summed E-state index contributed by atoms with van der Waals surface area (Å²) in [7, 11) is 0. The average molecular weight is 378 g/mol. The minimum atomic E-state index is 0.112. The lowest BCUT2D eigenvalue weighted by Gasteiger charge is -2.26. The van der Waals surface area contributed by atoms with Crippen LogP contribution >= 0.6 is 0 Å². The maximum Gasteiger partial charge on any atom is 0.222 e. The number of carbonyl (C=O) groups excluding carboxylic acids is 1. The zero-order valence-electron chi connectivity index (χ0n) is 15.9. The minimum absolute atomic E-state index is 0.112. The van der Waals surface area contributed by atoms with Crippen LogP contribution in [0.4, 0.5) is 0 Å². The average Bonchev–Trinajstić information content (AvgIpc) is 3.11. The fourth-order valence-electron chi connectivity index (χ4n) is 3.81. The Morgan fingerprint density at radius 3 is 2.93 bits per heavy atom. The molecular formula is C22H26N4O2. The topological polar surface area (TPSA) is 80.0 Å². The Bertz CT molecular complexity index is 880. The molecule has 2 aliphatic heterocycles. The molecule has 146 valence electrons. The number of amides is 1. The number of fused-ring (bicyclic) bond motifs is 1. The normalized spacial score (nSPS) is 19.3. The molecule has 0 aliphatic carbocycles. The second kappa shape index (κ2) is 8.33. The van der Waals surface area contributed by atoms with Gasteiger partial charge in [0.25, 0.3) is 0 Å². The Morgan fingerprint density at radius 1 is 1.21 bits per heavy atom. The van der Waals surface area contributed by atoms with Crippen LogP contribution in [0.3, 0.4) is 0 Å². The monoisotopic (exact) mass is 378 g/mol. The quantitative estimate of drug-likeness (QED) is 0.619. The lowest BCUT2D eigenvalue weighted by Crippen LogP contribution is -2.37. The van der Waals surface area contributed by atoms with E-state index in [0.29, 0.717) is 32.1 Å². The second-order valence-corrected chi connectivity index (χ2v) is 7.31. The van der Waals surface area contributed by atoms with E-state index in [-0.39, 0.29) is 11.9 Å². The highest BCUT2D eigenvalue weighted by Gasteiger charge is 2.21. The number of hydrogen-bond acceptors (Lipinski definition) is 3. The standard InChI is InChI=1S/C22H26N4O2/c23-22(25-19-10-12-28-20-8-2-1-7-18(19)20)24-14-16-5-3-6-17(13-16)15-26-11-4-9-21(26)27/h1-3,5-8,13,19H,4,9-12,14-15H2,(H3,23,24,25). The molecule has 0 bridgehead atoms. The molecule has 3 N–H and O–H groups in total. The summed E-state index contributed by atoms with van der Waals surface area (Å²) in [4.78, 5) is 18.3. The number of carbonyl (C=O) groups is 1. The molecule has 2 aliphatic rings. The number of ether oxygens (including phenoxy) is 1. The van der Waals surface area contributed by atoms with E-state index in [4.69, 9.17) is 10.5 Å². The number of para-hydroxylation sites is 1.